The van der Waals surface area contributed by atoms with Crippen LogP contribution in [0, 0.1) is 6.92 Å². The van der Waals surface area contributed by atoms with E-state index in [0.717, 1.165) is 11.1 Å². The molecule has 0 aromatic heterocycles. The highest BCUT2D eigenvalue weighted by molar-refractivity contribution is 6.31. The minimum atomic E-state index is -0.939. The van der Waals surface area contributed by atoms with Crippen LogP contribution in [-0.4, -0.2) is 11.1 Å². The molecule has 2 aromatic rings. The van der Waals surface area contributed by atoms with E-state index < -0.39 is 5.97 Å². The Balaban J connectivity index is 2.20. The van der Waals surface area contributed by atoms with Crippen LogP contribution in [0.3, 0.4) is 0 Å². The standard InChI is InChI=1S/C15H14ClNO2/c1-10-6-7-14(12(8-10)15(18)19)17-9-11-4-2-3-5-13(11)16/h2-8,17H,9H2,1H3,(H,18,19). The average molecular weight is 276 g/mol. The lowest BCUT2D eigenvalue weighted by Gasteiger charge is -2.11. The van der Waals surface area contributed by atoms with Gasteiger partial charge in [-0.3, -0.25) is 0 Å². The first-order chi connectivity index (χ1) is 9.08. The second kappa shape index (κ2) is 5.76. The highest BCUT2D eigenvalue weighted by atomic mass is 35.5. The van der Waals surface area contributed by atoms with Crippen molar-refractivity contribution in [2.75, 3.05) is 5.32 Å². The van der Waals surface area contributed by atoms with Gasteiger partial charge >= 0.3 is 5.97 Å². The first kappa shape index (κ1) is 13.4. The van der Waals surface area contributed by atoms with Crippen molar-refractivity contribution in [1.29, 1.82) is 0 Å². The smallest absolute Gasteiger partial charge is 0.337 e. The molecule has 2 N–H and O–H groups in total. The molecule has 0 aliphatic heterocycles. The van der Waals surface area contributed by atoms with Gasteiger partial charge in [-0.25, -0.2) is 4.79 Å². The number of benzene rings is 2. The molecule has 3 nitrogen and oxygen atoms in total. The van der Waals surface area contributed by atoms with Crippen LogP contribution in [0.5, 0.6) is 0 Å². The fraction of sp³-hybridized carbons (Fsp3) is 0.133. The van der Waals surface area contributed by atoms with E-state index in [2.05, 4.69) is 5.32 Å². The average Bonchev–Trinajstić information content (AvgIpc) is 2.38. The summed E-state index contributed by atoms with van der Waals surface area (Å²) in [5.74, 6) is -0.939. The van der Waals surface area contributed by atoms with Gasteiger partial charge in [0.1, 0.15) is 0 Å². The number of aryl methyl sites for hydroxylation is 1. The summed E-state index contributed by atoms with van der Waals surface area (Å²) in [6, 6.07) is 12.8. The zero-order valence-electron chi connectivity index (χ0n) is 10.5. The Morgan fingerprint density at radius 1 is 1.26 bits per heavy atom. The molecule has 0 saturated carbocycles. The third-order valence-electron chi connectivity index (χ3n) is 2.83. The van der Waals surface area contributed by atoms with Crippen LogP contribution in [0.25, 0.3) is 0 Å². The molecule has 0 unspecified atom stereocenters. The molecule has 19 heavy (non-hydrogen) atoms. The number of nitrogens with one attached hydrogen (secondary N) is 1. The van der Waals surface area contributed by atoms with Gasteiger partial charge in [-0.05, 0) is 30.7 Å². The topological polar surface area (TPSA) is 49.3 Å². The first-order valence-electron chi connectivity index (χ1n) is 5.89. The van der Waals surface area contributed by atoms with E-state index in [4.69, 9.17) is 11.6 Å². The molecule has 2 aromatic carbocycles. The summed E-state index contributed by atoms with van der Waals surface area (Å²) in [6.45, 7) is 2.35. The maximum atomic E-state index is 11.2. The summed E-state index contributed by atoms with van der Waals surface area (Å²) < 4.78 is 0. The lowest BCUT2D eigenvalue weighted by Crippen LogP contribution is -2.07. The van der Waals surface area contributed by atoms with Crippen LogP contribution < -0.4 is 5.32 Å². The Hall–Kier alpha value is -2.00. The van der Waals surface area contributed by atoms with E-state index >= 15 is 0 Å². The number of anilines is 1. The van der Waals surface area contributed by atoms with Crippen LogP contribution in [0.15, 0.2) is 42.5 Å². The normalized spacial score (nSPS) is 10.2. The first-order valence-corrected chi connectivity index (χ1v) is 6.27. The Bertz CT molecular complexity index is 611. The zero-order valence-corrected chi connectivity index (χ0v) is 11.2. The van der Waals surface area contributed by atoms with E-state index in [1.54, 1.807) is 12.1 Å². The Kier molecular flexibility index (Phi) is 4.07. The van der Waals surface area contributed by atoms with Crippen LogP contribution in [0.2, 0.25) is 5.02 Å². The molecule has 0 fully saturated rings. The molecule has 0 aliphatic carbocycles. The number of hydrogen-bond acceptors (Lipinski definition) is 2. The number of carboxylic acids is 1. The van der Waals surface area contributed by atoms with E-state index in [0.29, 0.717) is 17.3 Å². The second-order valence-corrected chi connectivity index (χ2v) is 4.71. The summed E-state index contributed by atoms with van der Waals surface area (Å²) in [5.41, 5.74) is 2.71. The monoisotopic (exact) mass is 275 g/mol. The molecule has 0 aliphatic rings. The quantitative estimate of drug-likeness (QED) is 0.888. The Morgan fingerprint density at radius 2 is 2.00 bits per heavy atom. The Labute approximate surface area is 116 Å². The van der Waals surface area contributed by atoms with Gasteiger partial charge < -0.3 is 10.4 Å². The number of hydrogen-bond donors (Lipinski definition) is 2. The maximum absolute atomic E-state index is 11.2. The van der Waals surface area contributed by atoms with Gasteiger partial charge in [0.15, 0.2) is 0 Å². The van der Waals surface area contributed by atoms with Crippen LogP contribution in [0.1, 0.15) is 21.5 Å². The van der Waals surface area contributed by atoms with Crippen molar-refractivity contribution < 1.29 is 9.90 Å². The second-order valence-electron chi connectivity index (χ2n) is 4.30. The van der Waals surface area contributed by atoms with Gasteiger partial charge in [-0.2, -0.15) is 0 Å². The molecule has 0 radical (unpaired) electrons. The van der Waals surface area contributed by atoms with E-state index in [9.17, 15) is 9.90 Å². The molecule has 4 heteroatoms. The molecule has 98 valence electrons. The van der Waals surface area contributed by atoms with Gasteiger partial charge in [0, 0.05) is 17.3 Å². The summed E-state index contributed by atoms with van der Waals surface area (Å²) in [5, 5.41) is 13.0. The predicted molar refractivity (Wildman–Crippen MR) is 76.9 cm³/mol. The van der Waals surface area contributed by atoms with Crippen molar-refractivity contribution in [3.63, 3.8) is 0 Å². The number of carbonyl (C=O) groups is 1. The van der Waals surface area contributed by atoms with Crippen LogP contribution in [0.4, 0.5) is 5.69 Å². The number of halogens is 1. The summed E-state index contributed by atoms with van der Waals surface area (Å²) >= 11 is 6.06. The zero-order chi connectivity index (χ0) is 13.8. The Morgan fingerprint density at radius 3 is 2.68 bits per heavy atom. The minimum Gasteiger partial charge on any atom is -0.478 e. The summed E-state index contributed by atoms with van der Waals surface area (Å²) in [6.07, 6.45) is 0. The molecule has 0 atom stereocenters. The van der Waals surface area contributed by atoms with Crippen molar-refractivity contribution in [3.05, 3.63) is 64.2 Å². The van der Waals surface area contributed by atoms with E-state index in [-0.39, 0.29) is 5.56 Å². The van der Waals surface area contributed by atoms with Gasteiger partial charge in [0.05, 0.1) is 5.56 Å². The third-order valence-corrected chi connectivity index (χ3v) is 3.20. The van der Waals surface area contributed by atoms with E-state index in [1.165, 1.54) is 0 Å². The number of carboxylic acid groups (broad SMARTS) is 1. The molecule has 0 saturated heterocycles. The molecular formula is C15H14ClNO2. The van der Waals surface area contributed by atoms with Crippen molar-refractivity contribution in [3.8, 4) is 0 Å². The molecule has 0 bridgehead atoms. The highest BCUT2D eigenvalue weighted by Gasteiger charge is 2.10. The van der Waals surface area contributed by atoms with Gasteiger partial charge in [0.2, 0.25) is 0 Å². The van der Waals surface area contributed by atoms with Crippen molar-refractivity contribution in [1.82, 2.24) is 0 Å². The summed E-state index contributed by atoms with van der Waals surface area (Å²) in [4.78, 5) is 11.2. The fourth-order valence-electron chi connectivity index (χ4n) is 1.82. The lowest BCUT2D eigenvalue weighted by molar-refractivity contribution is 0.0698. The third kappa shape index (κ3) is 3.26. The molecule has 2 rings (SSSR count). The largest absolute Gasteiger partial charge is 0.478 e. The van der Waals surface area contributed by atoms with Crippen LogP contribution >= 0.6 is 11.6 Å². The highest BCUT2D eigenvalue weighted by Crippen LogP contribution is 2.20. The SMILES string of the molecule is Cc1ccc(NCc2ccccc2Cl)c(C(=O)O)c1. The molecule has 0 heterocycles. The van der Waals surface area contributed by atoms with E-state index in [1.807, 2.05) is 37.3 Å². The van der Waals surface area contributed by atoms with Gasteiger partial charge in [-0.15, -0.1) is 0 Å². The van der Waals surface area contributed by atoms with Crippen molar-refractivity contribution in [2.24, 2.45) is 0 Å². The summed E-state index contributed by atoms with van der Waals surface area (Å²) in [7, 11) is 0. The van der Waals surface area contributed by atoms with Gasteiger partial charge in [-0.1, -0.05) is 41.4 Å². The molecular weight excluding hydrogens is 262 g/mol. The molecule has 0 spiro atoms. The number of aromatic carboxylic acids is 1. The van der Waals surface area contributed by atoms with Gasteiger partial charge in [0.25, 0.3) is 0 Å². The van der Waals surface area contributed by atoms with Crippen LogP contribution in [-0.2, 0) is 6.54 Å². The predicted octanol–water partition coefficient (Wildman–Crippen LogP) is 3.96. The van der Waals surface area contributed by atoms with Crippen molar-refractivity contribution >= 4 is 23.3 Å². The molecule has 0 amide bonds. The van der Waals surface area contributed by atoms with Crippen molar-refractivity contribution in [2.45, 2.75) is 13.5 Å². The lowest BCUT2D eigenvalue weighted by atomic mass is 10.1. The maximum Gasteiger partial charge on any atom is 0.337 e. The minimum absolute atomic E-state index is 0.270. The fourth-order valence-corrected chi connectivity index (χ4v) is 2.02. The number of rotatable bonds is 4.